The highest BCUT2D eigenvalue weighted by Crippen LogP contribution is 2.28. The number of aromatic nitrogens is 1. The number of carbonyl (C=O) groups is 1. The fourth-order valence-corrected chi connectivity index (χ4v) is 3.73. The maximum atomic E-state index is 11.6. The van der Waals surface area contributed by atoms with Gasteiger partial charge in [-0.1, -0.05) is 57.2 Å². The molecule has 0 atom stereocenters. The van der Waals surface area contributed by atoms with E-state index in [1.807, 2.05) is 28.8 Å². The van der Waals surface area contributed by atoms with Gasteiger partial charge in [0.1, 0.15) is 5.69 Å². The number of carboxylic acids is 1. The number of fused-ring (bicyclic) bond motifs is 1. The zero-order valence-corrected chi connectivity index (χ0v) is 14.6. The maximum absolute atomic E-state index is 11.6. The molecule has 1 heterocycles. The van der Waals surface area contributed by atoms with Gasteiger partial charge < -0.3 is 9.67 Å². The van der Waals surface area contributed by atoms with E-state index in [2.05, 4.69) is 29.5 Å². The minimum absolute atomic E-state index is 0.436. The summed E-state index contributed by atoms with van der Waals surface area (Å²) in [6.45, 7) is 3.00. The average molecular weight is 399 g/mol. The van der Waals surface area contributed by atoms with E-state index < -0.39 is 5.97 Å². The molecule has 0 spiro atoms. The van der Waals surface area contributed by atoms with Crippen molar-refractivity contribution in [2.24, 2.45) is 0 Å². The van der Waals surface area contributed by atoms with Crippen LogP contribution in [0.4, 0.5) is 0 Å². The summed E-state index contributed by atoms with van der Waals surface area (Å²) in [6.07, 6.45) is 7.29. The van der Waals surface area contributed by atoms with Crippen LogP contribution in [0.5, 0.6) is 0 Å². The Kier molecular flexibility index (Phi) is 6.08. The van der Waals surface area contributed by atoms with Crippen molar-refractivity contribution in [2.45, 2.75) is 52.0 Å². The molecule has 4 heteroatoms. The molecule has 2 aromatic rings. The van der Waals surface area contributed by atoms with Gasteiger partial charge in [0.05, 0.1) is 3.57 Å². The summed E-state index contributed by atoms with van der Waals surface area (Å²) in [4.78, 5) is 11.6. The summed E-state index contributed by atoms with van der Waals surface area (Å²) < 4.78 is 2.82. The molecule has 114 valence electrons. The lowest BCUT2D eigenvalue weighted by molar-refractivity contribution is 0.0684. The van der Waals surface area contributed by atoms with Gasteiger partial charge in [-0.25, -0.2) is 4.79 Å². The van der Waals surface area contributed by atoms with Crippen LogP contribution in [-0.2, 0) is 6.54 Å². The predicted molar refractivity (Wildman–Crippen MR) is 95.0 cm³/mol. The number of halogens is 1. The summed E-state index contributed by atoms with van der Waals surface area (Å²) in [7, 11) is 0. The molecule has 0 bridgehead atoms. The fourth-order valence-electron chi connectivity index (χ4n) is 2.75. The second-order valence-corrected chi connectivity index (χ2v) is 6.48. The van der Waals surface area contributed by atoms with Crippen molar-refractivity contribution in [1.29, 1.82) is 0 Å². The van der Waals surface area contributed by atoms with Crippen LogP contribution in [-0.4, -0.2) is 15.6 Å². The number of aromatic carboxylic acids is 1. The molecule has 0 saturated carbocycles. The lowest BCUT2D eigenvalue weighted by atomic mass is 10.1. The van der Waals surface area contributed by atoms with Gasteiger partial charge in [0.2, 0.25) is 0 Å². The van der Waals surface area contributed by atoms with Crippen LogP contribution < -0.4 is 0 Å². The van der Waals surface area contributed by atoms with Crippen LogP contribution in [0.1, 0.15) is 55.9 Å². The third-order valence-electron chi connectivity index (χ3n) is 3.85. The number of hydrogen-bond donors (Lipinski definition) is 1. The largest absolute Gasteiger partial charge is 0.477 e. The molecule has 0 aliphatic heterocycles. The zero-order valence-electron chi connectivity index (χ0n) is 12.4. The number of nitrogens with zero attached hydrogens (tertiary/aromatic N) is 1. The molecule has 0 saturated heterocycles. The molecule has 1 aromatic heterocycles. The minimum Gasteiger partial charge on any atom is -0.477 e. The molecule has 21 heavy (non-hydrogen) atoms. The highest BCUT2D eigenvalue weighted by atomic mass is 127. The predicted octanol–water partition coefficient (Wildman–Crippen LogP) is 5.30. The number of hydrogen-bond acceptors (Lipinski definition) is 1. The van der Waals surface area contributed by atoms with Crippen LogP contribution in [0, 0.1) is 3.57 Å². The molecule has 3 nitrogen and oxygen atoms in total. The summed E-state index contributed by atoms with van der Waals surface area (Å²) in [5.41, 5.74) is 1.47. The van der Waals surface area contributed by atoms with Crippen molar-refractivity contribution in [3.63, 3.8) is 0 Å². The zero-order chi connectivity index (χ0) is 15.2. The van der Waals surface area contributed by atoms with E-state index in [1.54, 1.807) is 0 Å². The summed E-state index contributed by atoms with van der Waals surface area (Å²) in [5.74, 6) is -0.832. The van der Waals surface area contributed by atoms with Gasteiger partial charge in [0, 0.05) is 17.4 Å². The van der Waals surface area contributed by atoms with Gasteiger partial charge >= 0.3 is 5.97 Å². The van der Waals surface area contributed by atoms with Crippen molar-refractivity contribution in [3.05, 3.63) is 33.5 Å². The first-order chi connectivity index (χ1) is 10.2. The van der Waals surface area contributed by atoms with Crippen LogP contribution in [0.25, 0.3) is 10.9 Å². The fraction of sp³-hybridized carbons (Fsp3) is 0.471. The standard InChI is InChI=1S/C17H22INO2/c1-2-3-4-5-6-9-12-19-14-11-8-7-10-13(14)15(18)16(19)17(20)21/h7-8,10-11H,2-6,9,12H2,1H3,(H,20,21). The third-order valence-corrected chi connectivity index (χ3v) is 4.94. The Labute approximate surface area is 139 Å². The molecule has 0 unspecified atom stereocenters. The van der Waals surface area contributed by atoms with Crippen LogP contribution in [0.15, 0.2) is 24.3 Å². The highest BCUT2D eigenvalue weighted by Gasteiger charge is 2.19. The second-order valence-electron chi connectivity index (χ2n) is 5.40. The van der Waals surface area contributed by atoms with Gasteiger partial charge in [-0.05, 0) is 35.1 Å². The summed E-state index contributed by atoms with van der Waals surface area (Å²) in [5, 5.41) is 10.5. The lowest BCUT2D eigenvalue weighted by Gasteiger charge is -2.08. The maximum Gasteiger partial charge on any atom is 0.353 e. The summed E-state index contributed by atoms with van der Waals surface area (Å²) in [6, 6.07) is 7.95. The van der Waals surface area contributed by atoms with E-state index in [0.29, 0.717) is 5.69 Å². The number of benzene rings is 1. The Bertz CT molecular complexity index is 619. The number of aryl methyl sites for hydroxylation is 1. The molecule has 2 rings (SSSR count). The van der Waals surface area contributed by atoms with Crippen LogP contribution in [0.3, 0.4) is 0 Å². The van der Waals surface area contributed by atoms with E-state index in [9.17, 15) is 9.90 Å². The van der Waals surface area contributed by atoms with Crippen LogP contribution in [0.2, 0.25) is 0 Å². The van der Waals surface area contributed by atoms with Crippen molar-refractivity contribution in [1.82, 2.24) is 4.57 Å². The van der Waals surface area contributed by atoms with Gasteiger partial charge in [-0.2, -0.15) is 0 Å². The van der Waals surface area contributed by atoms with E-state index in [1.165, 1.54) is 32.1 Å². The number of unbranched alkanes of at least 4 members (excludes halogenated alkanes) is 5. The van der Waals surface area contributed by atoms with Crippen molar-refractivity contribution >= 4 is 39.5 Å². The molecule has 1 aromatic carbocycles. The Morgan fingerprint density at radius 2 is 1.81 bits per heavy atom. The smallest absolute Gasteiger partial charge is 0.353 e. The Morgan fingerprint density at radius 1 is 1.14 bits per heavy atom. The first-order valence-corrected chi connectivity index (χ1v) is 8.74. The van der Waals surface area contributed by atoms with E-state index in [0.717, 1.165) is 27.4 Å². The van der Waals surface area contributed by atoms with Gasteiger partial charge in [0.15, 0.2) is 0 Å². The minimum atomic E-state index is -0.832. The normalized spacial score (nSPS) is 11.1. The molecular formula is C17H22INO2. The molecule has 0 aliphatic rings. The average Bonchev–Trinajstić information content (AvgIpc) is 2.76. The molecule has 1 N–H and O–H groups in total. The molecule has 0 amide bonds. The first-order valence-electron chi connectivity index (χ1n) is 7.66. The highest BCUT2D eigenvalue weighted by molar-refractivity contribution is 14.1. The first kappa shape index (κ1) is 16.3. The molecular weight excluding hydrogens is 377 g/mol. The van der Waals surface area contributed by atoms with E-state index in [-0.39, 0.29) is 0 Å². The second kappa shape index (κ2) is 7.82. The monoisotopic (exact) mass is 399 g/mol. The Hall–Kier alpha value is -1.04. The lowest BCUT2D eigenvalue weighted by Crippen LogP contribution is -2.10. The number of rotatable bonds is 8. The Balaban J connectivity index is 2.14. The summed E-state index contributed by atoms with van der Waals surface area (Å²) >= 11 is 2.15. The van der Waals surface area contributed by atoms with E-state index in [4.69, 9.17) is 0 Å². The molecule has 0 aliphatic carbocycles. The quantitative estimate of drug-likeness (QED) is 0.483. The van der Waals surface area contributed by atoms with E-state index >= 15 is 0 Å². The van der Waals surface area contributed by atoms with Gasteiger partial charge in [-0.15, -0.1) is 0 Å². The Morgan fingerprint density at radius 3 is 2.52 bits per heavy atom. The number of para-hydroxylation sites is 1. The third kappa shape index (κ3) is 3.78. The number of carboxylic acid groups (broad SMARTS) is 1. The van der Waals surface area contributed by atoms with Crippen LogP contribution >= 0.6 is 22.6 Å². The molecule has 0 radical (unpaired) electrons. The van der Waals surface area contributed by atoms with Gasteiger partial charge in [-0.3, -0.25) is 0 Å². The van der Waals surface area contributed by atoms with Crippen molar-refractivity contribution in [3.8, 4) is 0 Å². The van der Waals surface area contributed by atoms with Gasteiger partial charge in [0.25, 0.3) is 0 Å². The van der Waals surface area contributed by atoms with Crippen molar-refractivity contribution in [2.75, 3.05) is 0 Å². The van der Waals surface area contributed by atoms with Crippen molar-refractivity contribution < 1.29 is 9.90 Å². The molecule has 0 fully saturated rings. The SMILES string of the molecule is CCCCCCCCn1c(C(=O)O)c(I)c2ccccc21. The topological polar surface area (TPSA) is 42.2 Å².